The second kappa shape index (κ2) is 6.56. The molecule has 2 fully saturated rings. The zero-order valence-corrected chi connectivity index (χ0v) is 12.7. The van der Waals surface area contributed by atoms with Crippen molar-refractivity contribution in [1.29, 1.82) is 0 Å². The lowest BCUT2D eigenvalue weighted by Crippen LogP contribution is -2.55. The van der Waals surface area contributed by atoms with E-state index in [2.05, 4.69) is 20.7 Å². The van der Waals surface area contributed by atoms with Gasteiger partial charge in [-0.05, 0) is 31.6 Å². The van der Waals surface area contributed by atoms with Crippen molar-refractivity contribution in [3.8, 4) is 0 Å². The van der Waals surface area contributed by atoms with Crippen LogP contribution in [-0.4, -0.2) is 39.3 Å². The number of amides is 1. The smallest absolute Gasteiger partial charge is 0.237 e. The molecule has 21 heavy (non-hydrogen) atoms. The van der Waals surface area contributed by atoms with Gasteiger partial charge in [-0.2, -0.15) is 5.10 Å². The molecule has 2 aliphatic rings. The first-order valence-corrected chi connectivity index (χ1v) is 8.10. The minimum atomic E-state index is -0.0129. The maximum atomic E-state index is 12.2. The van der Waals surface area contributed by atoms with Crippen molar-refractivity contribution in [1.82, 2.24) is 25.4 Å². The fourth-order valence-corrected chi connectivity index (χ4v) is 3.62. The number of carbonyl (C=O) groups is 1. The van der Waals surface area contributed by atoms with Gasteiger partial charge in [-0.15, -0.1) is 0 Å². The van der Waals surface area contributed by atoms with Crippen LogP contribution in [-0.2, 0) is 18.3 Å². The molecule has 6 nitrogen and oxygen atoms in total. The summed E-state index contributed by atoms with van der Waals surface area (Å²) in [4.78, 5) is 16.4. The van der Waals surface area contributed by atoms with Gasteiger partial charge in [-0.1, -0.05) is 12.8 Å². The van der Waals surface area contributed by atoms with Crippen molar-refractivity contribution in [3.05, 3.63) is 12.2 Å². The molecule has 1 aromatic rings. The van der Waals surface area contributed by atoms with Gasteiger partial charge in [0.15, 0.2) is 5.82 Å². The normalized spacial score (nSPS) is 28.9. The SMILES string of the molecule is Cn1cnc(CCNC(=O)C2CCC3CCCCC3N2)n1. The summed E-state index contributed by atoms with van der Waals surface area (Å²) in [6.07, 6.45) is 9.75. The Kier molecular flexibility index (Phi) is 4.53. The first-order valence-electron chi connectivity index (χ1n) is 8.10. The summed E-state index contributed by atoms with van der Waals surface area (Å²) in [6.45, 7) is 0.606. The van der Waals surface area contributed by atoms with E-state index < -0.39 is 0 Å². The van der Waals surface area contributed by atoms with E-state index in [9.17, 15) is 4.79 Å². The maximum Gasteiger partial charge on any atom is 0.237 e. The van der Waals surface area contributed by atoms with Crippen LogP contribution in [0.2, 0.25) is 0 Å². The zero-order chi connectivity index (χ0) is 14.7. The topological polar surface area (TPSA) is 71.8 Å². The van der Waals surface area contributed by atoms with Crippen molar-refractivity contribution in [2.24, 2.45) is 13.0 Å². The third-order valence-corrected chi connectivity index (χ3v) is 4.76. The highest BCUT2D eigenvalue weighted by Gasteiger charge is 2.34. The molecule has 3 unspecified atom stereocenters. The molecule has 0 spiro atoms. The Morgan fingerprint density at radius 1 is 1.38 bits per heavy atom. The Morgan fingerprint density at radius 2 is 2.24 bits per heavy atom. The molecule has 1 aliphatic heterocycles. The number of hydrogen-bond acceptors (Lipinski definition) is 4. The second-order valence-electron chi connectivity index (χ2n) is 6.32. The molecule has 0 aromatic carbocycles. The molecule has 2 N–H and O–H groups in total. The Bertz CT molecular complexity index is 486. The summed E-state index contributed by atoms with van der Waals surface area (Å²) in [5, 5.41) is 10.8. The average Bonchev–Trinajstić information content (AvgIpc) is 2.92. The van der Waals surface area contributed by atoms with E-state index in [0.717, 1.165) is 18.2 Å². The number of piperidine rings is 1. The Labute approximate surface area is 125 Å². The first-order chi connectivity index (χ1) is 10.2. The van der Waals surface area contributed by atoms with E-state index in [1.165, 1.54) is 32.1 Å². The molecular formula is C15H25N5O. The molecule has 3 rings (SSSR count). The Balaban J connectivity index is 1.43. The predicted molar refractivity (Wildman–Crippen MR) is 79.6 cm³/mol. The highest BCUT2D eigenvalue weighted by molar-refractivity contribution is 5.81. The summed E-state index contributed by atoms with van der Waals surface area (Å²) >= 11 is 0. The van der Waals surface area contributed by atoms with E-state index in [0.29, 0.717) is 19.0 Å². The van der Waals surface area contributed by atoms with Crippen LogP contribution >= 0.6 is 0 Å². The van der Waals surface area contributed by atoms with Crippen molar-refractivity contribution in [2.45, 2.75) is 57.0 Å². The predicted octanol–water partition coefficient (Wildman–Crippen LogP) is 0.785. The van der Waals surface area contributed by atoms with Gasteiger partial charge in [0.2, 0.25) is 5.91 Å². The summed E-state index contributed by atoms with van der Waals surface area (Å²) < 4.78 is 1.68. The molecule has 1 saturated heterocycles. The Hall–Kier alpha value is -1.43. The van der Waals surface area contributed by atoms with Crippen molar-refractivity contribution >= 4 is 5.91 Å². The third-order valence-electron chi connectivity index (χ3n) is 4.76. The van der Waals surface area contributed by atoms with Gasteiger partial charge in [-0.25, -0.2) is 4.98 Å². The van der Waals surface area contributed by atoms with Crippen molar-refractivity contribution in [2.75, 3.05) is 6.54 Å². The van der Waals surface area contributed by atoms with E-state index in [4.69, 9.17) is 0 Å². The minimum absolute atomic E-state index is 0.0129. The third kappa shape index (κ3) is 3.61. The van der Waals surface area contributed by atoms with Crippen LogP contribution in [0.25, 0.3) is 0 Å². The van der Waals surface area contributed by atoms with Crippen molar-refractivity contribution < 1.29 is 4.79 Å². The van der Waals surface area contributed by atoms with E-state index in [1.807, 2.05) is 7.05 Å². The van der Waals surface area contributed by atoms with Gasteiger partial charge < -0.3 is 10.6 Å². The Morgan fingerprint density at radius 3 is 3.05 bits per heavy atom. The van der Waals surface area contributed by atoms with Gasteiger partial charge in [0.1, 0.15) is 6.33 Å². The summed E-state index contributed by atoms with van der Waals surface area (Å²) in [5.74, 6) is 1.71. The molecule has 1 aliphatic carbocycles. The summed E-state index contributed by atoms with van der Waals surface area (Å²) in [6, 6.07) is 0.543. The number of aromatic nitrogens is 3. The fraction of sp³-hybridized carbons (Fsp3) is 0.800. The van der Waals surface area contributed by atoms with Gasteiger partial charge in [-0.3, -0.25) is 9.48 Å². The van der Waals surface area contributed by atoms with E-state index in [-0.39, 0.29) is 11.9 Å². The van der Waals surface area contributed by atoms with Crippen LogP contribution in [0.1, 0.15) is 44.3 Å². The van der Waals surface area contributed by atoms with Gasteiger partial charge in [0.25, 0.3) is 0 Å². The second-order valence-corrected chi connectivity index (χ2v) is 6.32. The largest absolute Gasteiger partial charge is 0.354 e. The van der Waals surface area contributed by atoms with Gasteiger partial charge >= 0.3 is 0 Å². The monoisotopic (exact) mass is 291 g/mol. The lowest BCUT2D eigenvalue weighted by atomic mass is 9.77. The zero-order valence-electron chi connectivity index (χ0n) is 12.7. The van der Waals surface area contributed by atoms with Crippen LogP contribution < -0.4 is 10.6 Å². The van der Waals surface area contributed by atoms with Gasteiger partial charge in [0, 0.05) is 26.1 Å². The molecule has 2 heterocycles. The molecule has 3 atom stereocenters. The minimum Gasteiger partial charge on any atom is -0.354 e. The number of hydrogen-bond donors (Lipinski definition) is 2. The van der Waals surface area contributed by atoms with E-state index in [1.54, 1.807) is 11.0 Å². The first kappa shape index (κ1) is 14.5. The van der Waals surface area contributed by atoms with Crippen LogP contribution in [0, 0.1) is 5.92 Å². The number of nitrogens with zero attached hydrogens (tertiary/aromatic N) is 3. The number of fused-ring (bicyclic) bond motifs is 1. The lowest BCUT2D eigenvalue weighted by Gasteiger charge is -2.39. The van der Waals surface area contributed by atoms with Crippen LogP contribution in [0.4, 0.5) is 0 Å². The molecule has 0 bridgehead atoms. The highest BCUT2D eigenvalue weighted by Crippen LogP contribution is 2.32. The number of nitrogens with one attached hydrogen (secondary N) is 2. The molecule has 1 amide bonds. The highest BCUT2D eigenvalue weighted by atomic mass is 16.2. The summed E-state index contributed by atoms with van der Waals surface area (Å²) in [7, 11) is 1.85. The molecular weight excluding hydrogens is 266 g/mol. The molecule has 6 heteroatoms. The quantitative estimate of drug-likeness (QED) is 0.860. The fourth-order valence-electron chi connectivity index (χ4n) is 3.62. The average molecular weight is 291 g/mol. The number of aryl methyl sites for hydroxylation is 1. The van der Waals surface area contributed by atoms with Crippen LogP contribution in [0.15, 0.2) is 6.33 Å². The van der Waals surface area contributed by atoms with Crippen LogP contribution in [0.3, 0.4) is 0 Å². The van der Waals surface area contributed by atoms with E-state index >= 15 is 0 Å². The standard InChI is InChI=1S/C15H25N5O/c1-20-10-17-14(19-20)8-9-16-15(21)13-7-6-11-4-2-3-5-12(11)18-13/h10-13,18H,2-9H2,1H3,(H,16,21). The van der Waals surface area contributed by atoms with Crippen LogP contribution in [0.5, 0.6) is 0 Å². The van der Waals surface area contributed by atoms with Gasteiger partial charge in [0.05, 0.1) is 6.04 Å². The molecule has 1 saturated carbocycles. The number of rotatable bonds is 4. The molecule has 116 valence electrons. The van der Waals surface area contributed by atoms with Crippen molar-refractivity contribution in [3.63, 3.8) is 0 Å². The molecule has 1 aromatic heterocycles. The maximum absolute atomic E-state index is 12.2. The summed E-state index contributed by atoms with van der Waals surface area (Å²) in [5.41, 5.74) is 0. The number of carbonyl (C=O) groups excluding carboxylic acids is 1. The lowest BCUT2D eigenvalue weighted by molar-refractivity contribution is -0.124. The molecule has 0 radical (unpaired) electrons.